The lowest BCUT2D eigenvalue weighted by Gasteiger charge is -2.13. The van der Waals surface area contributed by atoms with Gasteiger partial charge in [0.15, 0.2) is 17.0 Å². The summed E-state index contributed by atoms with van der Waals surface area (Å²) in [6, 6.07) is 3.35. The summed E-state index contributed by atoms with van der Waals surface area (Å²) in [5.74, 6) is 0.133. The summed E-state index contributed by atoms with van der Waals surface area (Å²) in [4.78, 5) is 16.1. The summed E-state index contributed by atoms with van der Waals surface area (Å²) >= 11 is 0. The van der Waals surface area contributed by atoms with E-state index in [1.54, 1.807) is 0 Å². The average Bonchev–Trinajstić information content (AvgIpc) is 2.59. The van der Waals surface area contributed by atoms with Crippen molar-refractivity contribution in [3.8, 4) is 5.75 Å². The van der Waals surface area contributed by atoms with Gasteiger partial charge in [-0.05, 0) is 12.1 Å². The van der Waals surface area contributed by atoms with E-state index in [0.29, 0.717) is 5.69 Å². The number of nitrogens with one attached hydrogen (secondary N) is 1. The molecule has 3 rings (SSSR count). The predicted molar refractivity (Wildman–Crippen MR) is 89.3 cm³/mol. The van der Waals surface area contributed by atoms with Crippen LogP contribution in [0.5, 0.6) is 5.75 Å². The zero-order chi connectivity index (χ0) is 18.9. The fraction of sp³-hybridized carbons (Fsp3) is 0.200. The maximum absolute atomic E-state index is 13.0. The molecule has 1 aromatic carbocycles. The van der Waals surface area contributed by atoms with E-state index in [0.717, 1.165) is 12.1 Å². The lowest BCUT2D eigenvalue weighted by atomic mass is 10.1. The van der Waals surface area contributed by atoms with Crippen LogP contribution < -0.4 is 21.5 Å². The minimum Gasteiger partial charge on any atom is -0.497 e. The second kappa shape index (κ2) is 6.50. The number of nitrogen functional groups attached to an aromatic ring is 2. The van der Waals surface area contributed by atoms with Crippen molar-refractivity contribution < 1.29 is 17.9 Å². The van der Waals surface area contributed by atoms with Crippen LogP contribution in [-0.4, -0.2) is 27.0 Å². The number of benzene rings is 1. The van der Waals surface area contributed by atoms with Crippen molar-refractivity contribution in [1.82, 2.24) is 19.9 Å². The SMILES string of the molecule is COc1cc(NCc2cnc3nc(N)nc(N)c3n2)cc(C(F)(F)F)c1. The Labute approximate surface area is 145 Å². The number of rotatable bonds is 4. The highest BCUT2D eigenvalue weighted by molar-refractivity contribution is 5.81. The van der Waals surface area contributed by atoms with E-state index in [2.05, 4.69) is 25.3 Å². The molecule has 0 spiro atoms. The van der Waals surface area contributed by atoms with Gasteiger partial charge in [0.05, 0.1) is 31.1 Å². The van der Waals surface area contributed by atoms with Crippen LogP contribution in [-0.2, 0) is 12.7 Å². The number of nitrogens with zero attached hydrogens (tertiary/aromatic N) is 4. The van der Waals surface area contributed by atoms with Gasteiger partial charge in [-0.1, -0.05) is 0 Å². The van der Waals surface area contributed by atoms with E-state index in [9.17, 15) is 13.2 Å². The van der Waals surface area contributed by atoms with E-state index in [1.165, 1.54) is 19.4 Å². The molecule has 2 aromatic heterocycles. The summed E-state index contributed by atoms with van der Waals surface area (Å²) in [7, 11) is 1.29. The van der Waals surface area contributed by atoms with Crippen molar-refractivity contribution in [3.05, 3.63) is 35.7 Å². The van der Waals surface area contributed by atoms with Crippen molar-refractivity contribution >= 4 is 28.6 Å². The largest absolute Gasteiger partial charge is 0.497 e. The van der Waals surface area contributed by atoms with Gasteiger partial charge in [0.2, 0.25) is 5.95 Å². The molecule has 0 unspecified atom stereocenters. The fourth-order valence-corrected chi connectivity index (χ4v) is 2.24. The van der Waals surface area contributed by atoms with Gasteiger partial charge in [-0.3, -0.25) is 0 Å². The van der Waals surface area contributed by atoms with E-state index < -0.39 is 11.7 Å². The van der Waals surface area contributed by atoms with Crippen molar-refractivity contribution in [2.24, 2.45) is 0 Å². The number of ether oxygens (including phenoxy) is 1. The molecule has 136 valence electrons. The van der Waals surface area contributed by atoms with Gasteiger partial charge in [0, 0.05) is 11.8 Å². The molecular formula is C15H14F3N7O. The summed E-state index contributed by atoms with van der Waals surface area (Å²) in [5, 5.41) is 2.85. The molecule has 5 N–H and O–H groups in total. The van der Waals surface area contributed by atoms with Gasteiger partial charge in [0.25, 0.3) is 0 Å². The molecule has 0 saturated heterocycles. The van der Waals surface area contributed by atoms with Crippen LogP contribution in [0.3, 0.4) is 0 Å². The lowest BCUT2D eigenvalue weighted by molar-refractivity contribution is -0.137. The third-order valence-corrected chi connectivity index (χ3v) is 3.44. The molecule has 0 aliphatic carbocycles. The molecule has 2 heterocycles. The fourth-order valence-electron chi connectivity index (χ4n) is 2.24. The number of anilines is 3. The van der Waals surface area contributed by atoms with Crippen molar-refractivity contribution in [1.29, 1.82) is 0 Å². The quantitative estimate of drug-likeness (QED) is 0.643. The topological polar surface area (TPSA) is 125 Å². The molecule has 0 fully saturated rings. The zero-order valence-electron chi connectivity index (χ0n) is 13.5. The second-order valence-electron chi connectivity index (χ2n) is 5.30. The first-order valence-corrected chi connectivity index (χ1v) is 7.31. The molecule has 0 aliphatic heterocycles. The first-order chi connectivity index (χ1) is 12.3. The Morgan fingerprint density at radius 1 is 1.12 bits per heavy atom. The Hall–Kier alpha value is -3.37. The number of fused-ring (bicyclic) bond motifs is 1. The van der Waals surface area contributed by atoms with Gasteiger partial charge < -0.3 is 21.5 Å². The number of methoxy groups -OCH3 is 1. The molecular weight excluding hydrogens is 351 g/mol. The molecule has 0 aliphatic rings. The van der Waals surface area contributed by atoms with Crippen LogP contribution in [0.25, 0.3) is 11.2 Å². The van der Waals surface area contributed by atoms with Crippen molar-refractivity contribution in [2.45, 2.75) is 12.7 Å². The van der Waals surface area contributed by atoms with Gasteiger partial charge in [-0.15, -0.1) is 0 Å². The van der Waals surface area contributed by atoms with Crippen LogP contribution in [0.2, 0.25) is 0 Å². The first kappa shape index (κ1) is 17.5. The zero-order valence-corrected chi connectivity index (χ0v) is 13.5. The third kappa shape index (κ3) is 3.66. The van der Waals surface area contributed by atoms with Gasteiger partial charge >= 0.3 is 6.18 Å². The monoisotopic (exact) mass is 365 g/mol. The maximum Gasteiger partial charge on any atom is 0.416 e. The highest BCUT2D eigenvalue weighted by Gasteiger charge is 2.31. The summed E-state index contributed by atoms with van der Waals surface area (Å²) in [6.07, 6.45) is -3.06. The molecule has 26 heavy (non-hydrogen) atoms. The molecule has 0 atom stereocenters. The highest BCUT2D eigenvalue weighted by atomic mass is 19.4. The first-order valence-electron chi connectivity index (χ1n) is 7.31. The van der Waals surface area contributed by atoms with Crippen LogP contribution in [0.4, 0.5) is 30.6 Å². The number of hydrogen-bond acceptors (Lipinski definition) is 8. The molecule has 8 nitrogen and oxygen atoms in total. The van der Waals surface area contributed by atoms with Gasteiger partial charge in [0.1, 0.15) is 5.75 Å². The summed E-state index contributed by atoms with van der Waals surface area (Å²) in [6.45, 7) is 0.108. The van der Waals surface area contributed by atoms with Crippen LogP contribution in [0, 0.1) is 0 Å². The number of hydrogen-bond donors (Lipinski definition) is 3. The smallest absolute Gasteiger partial charge is 0.416 e. The van der Waals surface area contributed by atoms with Crippen LogP contribution in [0.15, 0.2) is 24.4 Å². The minimum atomic E-state index is -4.49. The van der Waals surface area contributed by atoms with E-state index in [4.69, 9.17) is 16.2 Å². The summed E-state index contributed by atoms with van der Waals surface area (Å²) < 4.78 is 43.8. The van der Waals surface area contributed by atoms with Crippen molar-refractivity contribution in [3.63, 3.8) is 0 Å². The molecule has 0 amide bonds. The van der Waals surface area contributed by atoms with E-state index in [-0.39, 0.29) is 40.9 Å². The van der Waals surface area contributed by atoms with E-state index in [1.807, 2.05) is 0 Å². The Bertz CT molecular complexity index is 962. The Morgan fingerprint density at radius 2 is 1.88 bits per heavy atom. The number of nitrogens with two attached hydrogens (primary N) is 2. The third-order valence-electron chi connectivity index (χ3n) is 3.44. The molecule has 11 heteroatoms. The standard InChI is InChI=1S/C15H14F3N7O/c1-26-10-3-7(15(16,17)18)2-8(4-10)21-5-9-6-22-13-11(23-9)12(19)24-14(20)25-13/h2-4,6,21H,5H2,1H3,(H4,19,20,22,24,25). The average molecular weight is 365 g/mol. The van der Waals surface area contributed by atoms with E-state index >= 15 is 0 Å². The molecule has 3 aromatic rings. The molecule has 0 saturated carbocycles. The van der Waals surface area contributed by atoms with Crippen molar-refractivity contribution in [2.75, 3.05) is 23.9 Å². The molecule has 0 radical (unpaired) electrons. The lowest BCUT2D eigenvalue weighted by Crippen LogP contribution is -2.09. The Morgan fingerprint density at radius 3 is 2.58 bits per heavy atom. The predicted octanol–water partition coefficient (Wildman–Crippen LogP) is 2.22. The highest BCUT2D eigenvalue weighted by Crippen LogP contribution is 2.34. The number of aromatic nitrogens is 4. The van der Waals surface area contributed by atoms with Crippen LogP contribution >= 0.6 is 0 Å². The van der Waals surface area contributed by atoms with Crippen LogP contribution in [0.1, 0.15) is 11.3 Å². The molecule has 0 bridgehead atoms. The minimum absolute atomic E-state index is 0.0220. The number of halogens is 3. The summed E-state index contributed by atoms with van der Waals surface area (Å²) in [5.41, 5.74) is 11.6. The second-order valence-corrected chi connectivity index (χ2v) is 5.30. The maximum atomic E-state index is 13.0. The Kier molecular flexibility index (Phi) is 4.36. The number of alkyl halides is 3. The normalized spacial score (nSPS) is 11.5. The van der Waals surface area contributed by atoms with Gasteiger partial charge in [-0.2, -0.15) is 23.1 Å². The Balaban J connectivity index is 1.86. The van der Waals surface area contributed by atoms with Gasteiger partial charge in [-0.25, -0.2) is 9.97 Å².